The molecule has 4 aliphatic rings. The van der Waals surface area contributed by atoms with Crippen molar-refractivity contribution in [3.8, 4) is 17.6 Å². The van der Waals surface area contributed by atoms with Crippen LogP contribution in [-0.4, -0.2) is 108 Å². The molecule has 346 valence electrons. The molecule has 16 nitrogen and oxygen atoms in total. The van der Waals surface area contributed by atoms with Gasteiger partial charge in [0.25, 0.3) is 5.56 Å². The van der Waals surface area contributed by atoms with Gasteiger partial charge < -0.3 is 15.2 Å². The van der Waals surface area contributed by atoms with Crippen LogP contribution in [-0.2, 0) is 19.8 Å². The summed E-state index contributed by atoms with van der Waals surface area (Å²) in [5.41, 5.74) is 0.408. The highest BCUT2D eigenvalue weighted by Gasteiger charge is 2.43. The van der Waals surface area contributed by atoms with E-state index < -0.39 is 51.1 Å². The third-order valence-electron chi connectivity index (χ3n) is 13.8. The lowest BCUT2D eigenvalue weighted by molar-refractivity contribution is -0.133. The number of aliphatic hydroxyl groups is 1. The number of likely N-dealkylation sites (tertiary alicyclic amines) is 2. The Labute approximate surface area is 380 Å². The summed E-state index contributed by atoms with van der Waals surface area (Å²) >= 11 is 6.80. The van der Waals surface area contributed by atoms with E-state index >= 15 is 8.78 Å². The highest BCUT2D eigenvalue weighted by atomic mass is 35.5. The molecule has 0 radical (unpaired) electrons. The zero-order chi connectivity index (χ0) is 46.2. The predicted molar refractivity (Wildman–Crippen MR) is 240 cm³/mol. The van der Waals surface area contributed by atoms with Gasteiger partial charge in [0.1, 0.15) is 35.5 Å². The van der Waals surface area contributed by atoms with E-state index in [1.165, 1.54) is 31.6 Å². The van der Waals surface area contributed by atoms with Crippen molar-refractivity contribution in [3.05, 3.63) is 86.9 Å². The number of benzene rings is 3. The fourth-order valence-corrected chi connectivity index (χ4v) is 11.0. The SMILES string of the molecule is CCN(C)S(=O)(=O)Nc1ccc(F)c(Oc2ccc3ncn(C4CCC5(CCN(C(O)CN6CCC(c7ccc(NC8CCC(=O)NC8=O)cc7F)CC6)CC5)C4)c(=O)c3c2Cl)c1C#N. The lowest BCUT2D eigenvalue weighted by atomic mass is 9.76. The normalized spacial score (nSPS) is 21.4. The molecule has 1 aliphatic carbocycles. The molecule has 1 spiro atoms. The van der Waals surface area contributed by atoms with Crippen molar-refractivity contribution in [2.45, 2.75) is 88.9 Å². The summed E-state index contributed by atoms with van der Waals surface area (Å²) in [6.45, 7) is 5.10. The predicted octanol–water partition coefficient (Wildman–Crippen LogP) is 5.82. The number of piperidine rings is 3. The molecule has 2 amide bonds. The van der Waals surface area contributed by atoms with E-state index in [4.69, 9.17) is 16.3 Å². The van der Waals surface area contributed by atoms with Crippen molar-refractivity contribution >= 4 is 55.9 Å². The number of β-amino-alcohol motifs (C(OH)–C–C–N with tert-alkyl or cyclic N) is 1. The van der Waals surface area contributed by atoms with Gasteiger partial charge in [-0.05, 0) is 118 Å². The van der Waals surface area contributed by atoms with Crippen LogP contribution in [0, 0.1) is 28.4 Å². The van der Waals surface area contributed by atoms with E-state index in [-0.39, 0.29) is 63.9 Å². The van der Waals surface area contributed by atoms with Crippen LogP contribution in [0.25, 0.3) is 10.9 Å². The number of nitrogens with zero attached hydrogens (tertiary/aromatic N) is 6. The number of carbonyl (C=O) groups excluding carboxylic acids is 2. The number of nitrogens with one attached hydrogen (secondary N) is 3. The number of imide groups is 1. The molecule has 3 unspecified atom stereocenters. The maximum Gasteiger partial charge on any atom is 0.301 e. The number of fused-ring (bicyclic) bond motifs is 1. The first kappa shape index (κ1) is 46.3. The summed E-state index contributed by atoms with van der Waals surface area (Å²) in [6, 6.07) is 11.0. The first-order valence-electron chi connectivity index (χ1n) is 22.0. The Hall–Kier alpha value is -5.23. The monoisotopic (exact) mass is 935 g/mol. The second kappa shape index (κ2) is 18.9. The summed E-state index contributed by atoms with van der Waals surface area (Å²) in [5.74, 6) is -2.63. The largest absolute Gasteiger partial charge is 0.451 e. The van der Waals surface area contributed by atoms with Gasteiger partial charge in [0.2, 0.25) is 11.8 Å². The van der Waals surface area contributed by atoms with Gasteiger partial charge in [-0.15, -0.1) is 0 Å². The van der Waals surface area contributed by atoms with Crippen molar-refractivity contribution in [2.75, 3.05) is 56.4 Å². The van der Waals surface area contributed by atoms with Crippen LogP contribution in [0.1, 0.15) is 87.8 Å². The van der Waals surface area contributed by atoms with Gasteiger partial charge in [0.15, 0.2) is 11.6 Å². The Morgan fingerprint density at radius 1 is 1.05 bits per heavy atom. The molecule has 1 aromatic heterocycles. The summed E-state index contributed by atoms with van der Waals surface area (Å²) in [4.78, 5) is 46.6. The number of halogens is 3. The summed E-state index contributed by atoms with van der Waals surface area (Å²) in [6.07, 6.45) is 7.01. The van der Waals surface area contributed by atoms with Gasteiger partial charge in [0.05, 0.1) is 27.9 Å². The summed E-state index contributed by atoms with van der Waals surface area (Å²) in [7, 11) is -2.70. The van der Waals surface area contributed by atoms with Gasteiger partial charge in [0, 0.05) is 51.4 Å². The minimum Gasteiger partial charge on any atom is -0.451 e. The Morgan fingerprint density at radius 2 is 1.80 bits per heavy atom. The average molecular weight is 936 g/mol. The number of rotatable bonds is 13. The number of nitriles is 1. The van der Waals surface area contributed by atoms with Crippen LogP contribution < -0.4 is 25.7 Å². The number of carbonyl (C=O) groups is 2. The topological polar surface area (TPSA) is 202 Å². The zero-order valence-electron chi connectivity index (χ0n) is 36.2. The molecule has 3 aromatic carbocycles. The molecule has 4 fully saturated rings. The van der Waals surface area contributed by atoms with Gasteiger partial charge >= 0.3 is 10.2 Å². The second-order valence-electron chi connectivity index (χ2n) is 17.6. The molecule has 4 heterocycles. The fraction of sp³-hybridized carbons (Fsp3) is 0.489. The fourth-order valence-electron chi connectivity index (χ4n) is 9.77. The van der Waals surface area contributed by atoms with Gasteiger partial charge in [-0.3, -0.25) is 38.8 Å². The molecule has 3 atom stereocenters. The molecule has 65 heavy (non-hydrogen) atoms. The zero-order valence-corrected chi connectivity index (χ0v) is 37.7. The Kier molecular flexibility index (Phi) is 13.5. The molecular weight excluding hydrogens is 884 g/mol. The summed E-state index contributed by atoms with van der Waals surface area (Å²) < 4.78 is 66.7. The van der Waals surface area contributed by atoms with E-state index in [0.717, 1.165) is 74.5 Å². The first-order valence-corrected chi connectivity index (χ1v) is 23.8. The number of aromatic nitrogens is 2. The van der Waals surface area contributed by atoms with E-state index in [1.807, 2.05) is 6.07 Å². The van der Waals surface area contributed by atoms with Gasteiger partial charge in [-0.25, -0.2) is 13.8 Å². The lowest BCUT2D eigenvalue weighted by Gasteiger charge is -2.43. The third-order valence-corrected chi connectivity index (χ3v) is 15.7. The van der Waals surface area contributed by atoms with Crippen LogP contribution >= 0.6 is 11.6 Å². The third kappa shape index (κ3) is 9.70. The number of hydrogen-bond donors (Lipinski definition) is 4. The highest BCUT2D eigenvalue weighted by Crippen LogP contribution is 2.51. The number of aliphatic hydroxyl groups excluding tert-OH is 1. The molecular formula is C45H52ClF2N9O7S. The van der Waals surface area contributed by atoms with E-state index in [0.29, 0.717) is 42.8 Å². The Morgan fingerprint density at radius 3 is 2.49 bits per heavy atom. The highest BCUT2D eigenvalue weighted by molar-refractivity contribution is 7.90. The first-order chi connectivity index (χ1) is 31.1. The van der Waals surface area contributed by atoms with E-state index in [2.05, 4.69) is 30.1 Å². The second-order valence-corrected chi connectivity index (χ2v) is 19.8. The van der Waals surface area contributed by atoms with Crippen LogP contribution in [0.4, 0.5) is 20.2 Å². The van der Waals surface area contributed by atoms with Crippen molar-refractivity contribution < 1.29 is 36.6 Å². The van der Waals surface area contributed by atoms with E-state index in [1.54, 1.807) is 23.6 Å². The van der Waals surface area contributed by atoms with Crippen LogP contribution in [0.2, 0.25) is 5.02 Å². The number of amides is 2. The van der Waals surface area contributed by atoms with Crippen molar-refractivity contribution in [1.82, 2.24) is 29.0 Å². The average Bonchev–Trinajstić information content (AvgIpc) is 3.69. The van der Waals surface area contributed by atoms with Crippen LogP contribution in [0.15, 0.2) is 53.6 Å². The molecule has 3 saturated heterocycles. The Bertz CT molecular complexity index is 2700. The molecule has 3 aliphatic heterocycles. The van der Waals surface area contributed by atoms with Crippen molar-refractivity contribution in [2.24, 2.45) is 5.41 Å². The molecule has 0 bridgehead atoms. The van der Waals surface area contributed by atoms with Gasteiger partial charge in [-0.1, -0.05) is 24.6 Å². The maximum absolute atomic E-state index is 15.3. The summed E-state index contributed by atoms with van der Waals surface area (Å²) in [5, 5.41) is 26.6. The maximum atomic E-state index is 15.3. The van der Waals surface area contributed by atoms with Gasteiger partial charge in [-0.2, -0.15) is 18.0 Å². The minimum absolute atomic E-state index is 0.0247. The molecule has 20 heteroatoms. The van der Waals surface area contributed by atoms with E-state index in [9.17, 15) is 33.2 Å². The quantitative estimate of drug-likeness (QED) is 0.117. The number of ether oxygens (including phenoxy) is 1. The van der Waals surface area contributed by atoms with Crippen molar-refractivity contribution in [1.29, 1.82) is 5.26 Å². The number of anilines is 2. The molecule has 4 N–H and O–H groups in total. The molecule has 4 aromatic rings. The molecule has 8 rings (SSSR count). The Balaban J connectivity index is 0.861. The lowest BCUT2D eigenvalue weighted by Crippen LogP contribution is -2.50. The standard InChI is InChI=1S/C45H52ClF2N9O7S/c1-3-54(2)65(62,63)53-34-7-6-32(47)42(31(34)24-49)64-37-10-8-35-40(41(37)46)44(61)57(26-50-35)29-12-15-45(23-29)16-20-56(21-17-45)39(59)25-55-18-13-27(14-19-55)30-5-4-28(22-33(30)48)51-36-9-11-38(58)52-43(36)60/h4-8,10,22,26-27,29,36,39,51,53,59H,3,9,11-21,23,25H2,1-2H3,(H,52,58,60). The molecule has 1 saturated carbocycles. The van der Waals surface area contributed by atoms with Crippen molar-refractivity contribution in [3.63, 3.8) is 0 Å². The number of hydrogen-bond acceptors (Lipinski definition) is 12. The van der Waals surface area contributed by atoms with Crippen LogP contribution in [0.3, 0.4) is 0 Å². The smallest absolute Gasteiger partial charge is 0.301 e. The van der Waals surface area contributed by atoms with Crippen LogP contribution in [0.5, 0.6) is 11.5 Å². The minimum atomic E-state index is -4.05.